The van der Waals surface area contributed by atoms with E-state index in [1.807, 2.05) is 0 Å². The first-order valence-corrected chi connectivity index (χ1v) is 7.07. The average molecular weight is 263 g/mol. The fourth-order valence-corrected chi connectivity index (χ4v) is 3.13. The maximum atomic E-state index is 10.5. The summed E-state index contributed by atoms with van der Waals surface area (Å²) >= 11 is 0. The molecule has 0 amide bonds. The highest BCUT2D eigenvalue weighted by Crippen LogP contribution is 2.27. The molecule has 0 aromatic heterocycles. The lowest BCUT2D eigenvalue weighted by Crippen LogP contribution is -2.47. The SMILES string of the molecule is Cc1cc(C)c(C(O)CC2COCC(C)N2)c(C)c1. The van der Waals surface area contributed by atoms with E-state index in [0.717, 1.165) is 12.2 Å². The smallest absolute Gasteiger partial charge is 0.0810 e. The van der Waals surface area contributed by atoms with Crippen molar-refractivity contribution in [1.82, 2.24) is 5.32 Å². The normalized spacial score (nSPS) is 25.3. The van der Waals surface area contributed by atoms with Crippen LogP contribution in [0.4, 0.5) is 0 Å². The van der Waals surface area contributed by atoms with E-state index in [0.29, 0.717) is 19.1 Å². The monoisotopic (exact) mass is 263 g/mol. The first-order valence-electron chi connectivity index (χ1n) is 7.07. The van der Waals surface area contributed by atoms with Crippen LogP contribution in [0, 0.1) is 20.8 Å². The van der Waals surface area contributed by atoms with Crippen molar-refractivity contribution < 1.29 is 9.84 Å². The van der Waals surface area contributed by atoms with Crippen molar-refractivity contribution in [3.8, 4) is 0 Å². The van der Waals surface area contributed by atoms with Gasteiger partial charge in [0.1, 0.15) is 0 Å². The lowest BCUT2D eigenvalue weighted by Gasteiger charge is -2.31. The van der Waals surface area contributed by atoms with E-state index in [2.05, 4.69) is 45.1 Å². The molecule has 2 N–H and O–H groups in total. The van der Waals surface area contributed by atoms with Gasteiger partial charge in [-0.2, -0.15) is 0 Å². The molecule has 3 atom stereocenters. The average Bonchev–Trinajstić information content (AvgIpc) is 2.27. The largest absolute Gasteiger partial charge is 0.388 e. The van der Waals surface area contributed by atoms with Crippen LogP contribution < -0.4 is 5.32 Å². The van der Waals surface area contributed by atoms with Crippen LogP contribution in [0.25, 0.3) is 0 Å². The second kappa shape index (κ2) is 6.04. The molecular weight excluding hydrogens is 238 g/mol. The summed E-state index contributed by atoms with van der Waals surface area (Å²) in [5.41, 5.74) is 4.67. The number of nitrogens with one attached hydrogen (secondary N) is 1. The van der Waals surface area contributed by atoms with Crippen molar-refractivity contribution in [2.75, 3.05) is 13.2 Å². The zero-order valence-electron chi connectivity index (χ0n) is 12.4. The number of aliphatic hydroxyl groups excluding tert-OH is 1. The molecule has 1 aliphatic rings. The van der Waals surface area contributed by atoms with Crippen molar-refractivity contribution in [2.45, 2.75) is 52.3 Å². The van der Waals surface area contributed by atoms with Crippen LogP contribution in [0.1, 0.15) is 41.7 Å². The van der Waals surface area contributed by atoms with Gasteiger partial charge in [0.2, 0.25) is 0 Å². The highest BCUT2D eigenvalue weighted by atomic mass is 16.5. The molecule has 1 aliphatic heterocycles. The molecule has 3 heteroatoms. The van der Waals surface area contributed by atoms with Crippen LogP contribution in [0.5, 0.6) is 0 Å². The zero-order chi connectivity index (χ0) is 14.0. The molecule has 1 fully saturated rings. The summed E-state index contributed by atoms with van der Waals surface area (Å²) in [7, 11) is 0. The maximum absolute atomic E-state index is 10.5. The lowest BCUT2D eigenvalue weighted by molar-refractivity contribution is 0.0302. The van der Waals surface area contributed by atoms with Gasteiger partial charge in [0.05, 0.1) is 19.3 Å². The van der Waals surface area contributed by atoms with Crippen molar-refractivity contribution in [2.24, 2.45) is 0 Å². The minimum Gasteiger partial charge on any atom is -0.388 e. The third-order valence-electron chi connectivity index (χ3n) is 3.79. The molecule has 1 aromatic rings. The van der Waals surface area contributed by atoms with Gasteiger partial charge in [-0.25, -0.2) is 0 Å². The van der Waals surface area contributed by atoms with Crippen LogP contribution in [-0.4, -0.2) is 30.4 Å². The second-order valence-corrected chi connectivity index (χ2v) is 5.87. The minimum absolute atomic E-state index is 0.235. The topological polar surface area (TPSA) is 41.5 Å². The summed E-state index contributed by atoms with van der Waals surface area (Å²) < 4.78 is 5.54. The molecule has 0 aliphatic carbocycles. The molecule has 1 aromatic carbocycles. The number of hydrogen-bond donors (Lipinski definition) is 2. The number of aryl methyl sites for hydroxylation is 3. The summed E-state index contributed by atoms with van der Waals surface area (Å²) in [5, 5.41) is 14.0. The van der Waals surface area contributed by atoms with Gasteiger partial charge in [0.25, 0.3) is 0 Å². The Morgan fingerprint density at radius 2 is 1.89 bits per heavy atom. The summed E-state index contributed by atoms with van der Waals surface area (Å²) in [6.45, 7) is 9.80. The van der Waals surface area contributed by atoms with Gasteiger partial charge in [-0.15, -0.1) is 0 Å². The van der Waals surface area contributed by atoms with Crippen molar-refractivity contribution in [3.63, 3.8) is 0 Å². The number of benzene rings is 1. The minimum atomic E-state index is -0.424. The molecule has 0 radical (unpaired) electrons. The first kappa shape index (κ1) is 14.5. The predicted molar refractivity (Wildman–Crippen MR) is 77.4 cm³/mol. The van der Waals surface area contributed by atoms with Crippen molar-refractivity contribution in [3.05, 3.63) is 34.4 Å². The molecule has 0 spiro atoms. The molecule has 0 saturated carbocycles. The number of ether oxygens (including phenoxy) is 1. The molecule has 3 nitrogen and oxygen atoms in total. The molecule has 1 heterocycles. The van der Waals surface area contributed by atoms with Crippen molar-refractivity contribution in [1.29, 1.82) is 0 Å². The van der Waals surface area contributed by atoms with Crippen LogP contribution in [-0.2, 0) is 4.74 Å². The Bertz CT molecular complexity index is 421. The summed E-state index contributed by atoms with van der Waals surface area (Å²) in [6, 6.07) is 4.88. The molecule has 1 saturated heterocycles. The number of morpholine rings is 1. The van der Waals surface area contributed by atoms with Gasteiger partial charge in [0.15, 0.2) is 0 Å². The maximum Gasteiger partial charge on any atom is 0.0810 e. The van der Waals surface area contributed by atoms with Gasteiger partial charge >= 0.3 is 0 Å². The Balaban J connectivity index is 2.09. The van der Waals surface area contributed by atoms with Crippen LogP contribution in [0.3, 0.4) is 0 Å². The molecule has 0 bridgehead atoms. The second-order valence-electron chi connectivity index (χ2n) is 5.87. The van der Waals surface area contributed by atoms with Gasteiger partial charge in [-0.1, -0.05) is 17.7 Å². The zero-order valence-corrected chi connectivity index (χ0v) is 12.4. The fourth-order valence-electron chi connectivity index (χ4n) is 3.13. The Labute approximate surface area is 116 Å². The standard InChI is InChI=1S/C16H25NO2/c1-10-5-11(2)16(12(3)6-10)15(18)7-14-9-19-8-13(4)17-14/h5-6,13-15,17-18H,7-9H2,1-4H3. The number of hydrogen-bond acceptors (Lipinski definition) is 3. The van der Waals surface area contributed by atoms with Gasteiger partial charge < -0.3 is 15.2 Å². The molecule has 3 unspecified atom stereocenters. The Morgan fingerprint density at radius 3 is 2.47 bits per heavy atom. The van der Waals surface area contributed by atoms with Gasteiger partial charge in [-0.05, 0) is 50.8 Å². The van der Waals surface area contributed by atoms with E-state index in [-0.39, 0.29) is 6.04 Å². The number of rotatable bonds is 3. The highest BCUT2D eigenvalue weighted by Gasteiger charge is 2.23. The molecule has 19 heavy (non-hydrogen) atoms. The van der Waals surface area contributed by atoms with Crippen molar-refractivity contribution >= 4 is 0 Å². The summed E-state index contributed by atoms with van der Waals surface area (Å²) in [6.07, 6.45) is 0.279. The van der Waals surface area contributed by atoms with Gasteiger partial charge in [-0.3, -0.25) is 0 Å². The van der Waals surface area contributed by atoms with Gasteiger partial charge in [0, 0.05) is 12.1 Å². The molecular formula is C16H25NO2. The fraction of sp³-hybridized carbons (Fsp3) is 0.625. The van der Waals surface area contributed by atoms with E-state index < -0.39 is 6.10 Å². The van der Waals surface area contributed by atoms with E-state index in [4.69, 9.17) is 4.74 Å². The highest BCUT2D eigenvalue weighted by molar-refractivity contribution is 5.39. The van der Waals surface area contributed by atoms with E-state index in [9.17, 15) is 5.11 Å². The first-order chi connectivity index (χ1) is 8.97. The summed E-state index contributed by atoms with van der Waals surface area (Å²) in [4.78, 5) is 0. The van der Waals surface area contributed by atoms with Crippen LogP contribution in [0.2, 0.25) is 0 Å². The van der Waals surface area contributed by atoms with E-state index >= 15 is 0 Å². The predicted octanol–water partition coefficient (Wildman–Crippen LogP) is 2.41. The quantitative estimate of drug-likeness (QED) is 0.880. The Hall–Kier alpha value is -0.900. The molecule has 2 rings (SSSR count). The third kappa shape index (κ3) is 3.56. The van der Waals surface area contributed by atoms with E-state index in [1.165, 1.54) is 16.7 Å². The molecule has 106 valence electrons. The van der Waals surface area contributed by atoms with E-state index in [1.54, 1.807) is 0 Å². The van der Waals surface area contributed by atoms with Crippen LogP contribution >= 0.6 is 0 Å². The number of aliphatic hydroxyl groups is 1. The summed E-state index contributed by atoms with van der Waals surface area (Å²) in [5.74, 6) is 0. The Morgan fingerprint density at radius 1 is 1.26 bits per heavy atom. The lowest BCUT2D eigenvalue weighted by atomic mass is 9.92. The Kier molecular flexibility index (Phi) is 4.61. The van der Waals surface area contributed by atoms with Crippen LogP contribution in [0.15, 0.2) is 12.1 Å². The third-order valence-corrected chi connectivity index (χ3v) is 3.79.